The highest BCUT2D eigenvalue weighted by atomic mass is 16.5. The molecule has 4 nitrogen and oxygen atoms in total. The Balaban J connectivity index is 1.75. The number of ether oxygens (including phenoxy) is 2. The Morgan fingerprint density at radius 2 is 2.19 bits per heavy atom. The monoisotopic (exact) mass is 291 g/mol. The first-order valence-electron chi connectivity index (χ1n) is 7.78. The summed E-state index contributed by atoms with van der Waals surface area (Å²) in [5.41, 5.74) is 1.15. The Morgan fingerprint density at radius 1 is 1.38 bits per heavy atom. The van der Waals surface area contributed by atoms with Crippen LogP contribution in [-0.4, -0.2) is 43.7 Å². The third-order valence-corrected chi connectivity index (χ3v) is 3.88. The second-order valence-corrected chi connectivity index (χ2v) is 5.51. The summed E-state index contributed by atoms with van der Waals surface area (Å²) in [6.07, 6.45) is 1.99. The van der Waals surface area contributed by atoms with E-state index in [4.69, 9.17) is 9.47 Å². The van der Waals surface area contributed by atoms with E-state index in [-0.39, 0.29) is 11.9 Å². The van der Waals surface area contributed by atoms with E-state index in [9.17, 15) is 4.79 Å². The molecule has 0 bridgehead atoms. The second-order valence-electron chi connectivity index (χ2n) is 5.51. The van der Waals surface area contributed by atoms with Crippen LogP contribution in [0, 0.1) is 12.8 Å². The number of esters is 1. The van der Waals surface area contributed by atoms with Crippen LogP contribution in [0.15, 0.2) is 24.3 Å². The van der Waals surface area contributed by atoms with Crippen molar-refractivity contribution >= 4 is 5.97 Å². The van der Waals surface area contributed by atoms with Crippen LogP contribution in [0.5, 0.6) is 5.75 Å². The molecule has 1 saturated heterocycles. The minimum atomic E-state index is -0.0537. The number of hydrogen-bond donors (Lipinski definition) is 0. The van der Waals surface area contributed by atoms with Gasteiger partial charge in [-0.15, -0.1) is 0 Å². The highest BCUT2D eigenvalue weighted by Crippen LogP contribution is 2.19. The van der Waals surface area contributed by atoms with E-state index in [2.05, 4.69) is 4.90 Å². The number of nitrogens with zero attached hydrogens (tertiary/aromatic N) is 1. The average molecular weight is 291 g/mol. The Labute approximate surface area is 127 Å². The quantitative estimate of drug-likeness (QED) is 0.755. The van der Waals surface area contributed by atoms with Crippen LogP contribution in [0.1, 0.15) is 25.3 Å². The normalized spacial score (nSPS) is 19.2. The third-order valence-electron chi connectivity index (χ3n) is 3.88. The number of carbonyl (C=O) groups excluding carboxylic acids is 1. The summed E-state index contributed by atoms with van der Waals surface area (Å²) >= 11 is 0. The minimum Gasteiger partial charge on any atom is -0.492 e. The number of benzene rings is 1. The molecule has 0 spiro atoms. The number of para-hydroxylation sites is 1. The van der Waals surface area contributed by atoms with E-state index in [1.54, 1.807) is 0 Å². The molecule has 1 heterocycles. The summed E-state index contributed by atoms with van der Waals surface area (Å²) in [4.78, 5) is 14.1. The molecule has 0 aromatic heterocycles. The Kier molecular flexibility index (Phi) is 6.05. The standard InChI is InChI=1S/C17H25NO3/c1-3-20-17(19)15-8-6-10-18(13-15)11-12-21-16-9-5-4-7-14(16)2/h4-5,7,9,15H,3,6,8,10-13H2,1-2H3. The predicted molar refractivity (Wildman–Crippen MR) is 82.5 cm³/mol. The van der Waals surface area contributed by atoms with Gasteiger partial charge in [0.1, 0.15) is 12.4 Å². The van der Waals surface area contributed by atoms with Gasteiger partial charge >= 0.3 is 5.97 Å². The largest absolute Gasteiger partial charge is 0.492 e. The van der Waals surface area contributed by atoms with Gasteiger partial charge in [-0.1, -0.05) is 18.2 Å². The van der Waals surface area contributed by atoms with Gasteiger partial charge in [-0.25, -0.2) is 0 Å². The Hall–Kier alpha value is -1.55. The molecule has 0 saturated carbocycles. The highest BCUT2D eigenvalue weighted by Gasteiger charge is 2.26. The van der Waals surface area contributed by atoms with Crippen molar-refractivity contribution in [2.75, 3.05) is 32.8 Å². The molecule has 1 atom stereocenters. The number of piperidine rings is 1. The van der Waals surface area contributed by atoms with Crippen molar-refractivity contribution < 1.29 is 14.3 Å². The SMILES string of the molecule is CCOC(=O)C1CCCN(CCOc2ccccc2C)C1. The zero-order valence-corrected chi connectivity index (χ0v) is 13.0. The van der Waals surface area contributed by atoms with E-state index in [1.807, 2.05) is 38.1 Å². The topological polar surface area (TPSA) is 38.8 Å². The molecular weight excluding hydrogens is 266 g/mol. The number of likely N-dealkylation sites (tertiary alicyclic amines) is 1. The van der Waals surface area contributed by atoms with Gasteiger partial charge in [-0.05, 0) is 44.9 Å². The van der Waals surface area contributed by atoms with Crippen molar-refractivity contribution in [2.45, 2.75) is 26.7 Å². The van der Waals surface area contributed by atoms with Crippen molar-refractivity contribution in [3.05, 3.63) is 29.8 Å². The Bertz CT molecular complexity index is 461. The van der Waals surface area contributed by atoms with Gasteiger partial charge in [0.15, 0.2) is 0 Å². The average Bonchev–Trinajstić information content (AvgIpc) is 2.50. The summed E-state index contributed by atoms with van der Waals surface area (Å²) in [5, 5.41) is 0. The number of aryl methyl sites for hydroxylation is 1. The third kappa shape index (κ3) is 4.74. The molecule has 1 unspecified atom stereocenters. The van der Waals surface area contributed by atoms with Crippen LogP contribution in [0.4, 0.5) is 0 Å². The summed E-state index contributed by atoms with van der Waals surface area (Å²) in [6, 6.07) is 8.04. The van der Waals surface area contributed by atoms with Gasteiger partial charge in [-0.2, -0.15) is 0 Å². The molecule has 0 aliphatic carbocycles. The van der Waals surface area contributed by atoms with Crippen LogP contribution in [0.3, 0.4) is 0 Å². The lowest BCUT2D eigenvalue weighted by atomic mass is 9.98. The zero-order chi connectivity index (χ0) is 15.1. The maximum absolute atomic E-state index is 11.8. The van der Waals surface area contributed by atoms with Crippen molar-refractivity contribution in [2.24, 2.45) is 5.92 Å². The summed E-state index contributed by atoms with van der Waals surface area (Å²) in [5.74, 6) is 0.913. The van der Waals surface area contributed by atoms with Gasteiger partial charge in [0.25, 0.3) is 0 Å². The molecule has 4 heteroatoms. The van der Waals surface area contributed by atoms with Crippen molar-refractivity contribution in [1.82, 2.24) is 4.90 Å². The first kappa shape index (κ1) is 15.8. The lowest BCUT2D eigenvalue weighted by Crippen LogP contribution is -2.41. The first-order chi connectivity index (χ1) is 10.2. The summed E-state index contributed by atoms with van der Waals surface area (Å²) in [7, 11) is 0. The molecule has 1 fully saturated rings. The number of rotatable bonds is 6. The van der Waals surface area contributed by atoms with E-state index in [0.717, 1.165) is 43.8 Å². The van der Waals surface area contributed by atoms with E-state index in [0.29, 0.717) is 13.2 Å². The zero-order valence-electron chi connectivity index (χ0n) is 13.0. The Morgan fingerprint density at radius 3 is 2.95 bits per heavy atom. The highest BCUT2D eigenvalue weighted by molar-refractivity contribution is 5.72. The molecule has 1 aliphatic heterocycles. The molecular formula is C17H25NO3. The molecule has 0 amide bonds. The van der Waals surface area contributed by atoms with E-state index < -0.39 is 0 Å². The van der Waals surface area contributed by atoms with Gasteiger partial charge in [0, 0.05) is 13.1 Å². The number of hydrogen-bond acceptors (Lipinski definition) is 4. The molecule has 0 N–H and O–H groups in total. The molecule has 0 radical (unpaired) electrons. The molecule has 116 valence electrons. The van der Waals surface area contributed by atoms with Gasteiger partial charge in [-0.3, -0.25) is 9.69 Å². The van der Waals surface area contributed by atoms with Crippen LogP contribution in [-0.2, 0) is 9.53 Å². The smallest absolute Gasteiger partial charge is 0.310 e. The van der Waals surface area contributed by atoms with Crippen LogP contribution < -0.4 is 4.74 Å². The maximum Gasteiger partial charge on any atom is 0.310 e. The molecule has 2 rings (SSSR count). The fraction of sp³-hybridized carbons (Fsp3) is 0.588. The van der Waals surface area contributed by atoms with Crippen molar-refractivity contribution in [1.29, 1.82) is 0 Å². The van der Waals surface area contributed by atoms with Crippen molar-refractivity contribution in [3.8, 4) is 5.75 Å². The van der Waals surface area contributed by atoms with Crippen LogP contribution in [0.25, 0.3) is 0 Å². The first-order valence-corrected chi connectivity index (χ1v) is 7.78. The number of carbonyl (C=O) groups is 1. The summed E-state index contributed by atoms with van der Waals surface area (Å²) in [6.45, 7) is 7.70. The van der Waals surface area contributed by atoms with E-state index >= 15 is 0 Å². The molecule has 21 heavy (non-hydrogen) atoms. The van der Waals surface area contributed by atoms with Gasteiger partial charge in [0.2, 0.25) is 0 Å². The maximum atomic E-state index is 11.8. The van der Waals surface area contributed by atoms with Gasteiger partial charge in [0.05, 0.1) is 12.5 Å². The fourth-order valence-electron chi connectivity index (χ4n) is 2.71. The van der Waals surface area contributed by atoms with Crippen LogP contribution >= 0.6 is 0 Å². The fourth-order valence-corrected chi connectivity index (χ4v) is 2.71. The summed E-state index contributed by atoms with van der Waals surface area (Å²) < 4.78 is 10.9. The molecule has 1 aliphatic rings. The minimum absolute atomic E-state index is 0.0251. The van der Waals surface area contributed by atoms with Gasteiger partial charge < -0.3 is 9.47 Å². The lowest BCUT2D eigenvalue weighted by molar-refractivity contribution is -0.150. The lowest BCUT2D eigenvalue weighted by Gasteiger charge is -2.31. The molecule has 1 aromatic carbocycles. The van der Waals surface area contributed by atoms with Crippen molar-refractivity contribution in [3.63, 3.8) is 0 Å². The second kappa shape index (κ2) is 8.03. The van der Waals surface area contributed by atoms with E-state index in [1.165, 1.54) is 0 Å². The predicted octanol–water partition coefficient (Wildman–Crippen LogP) is 2.65. The van der Waals surface area contributed by atoms with Crippen LogP contribution in [0.2, 0.25) is 0 Å². The molecule has 1 aromatic rings.